The van der Waals surface area contributed by atoms with Crippen molar-refractivity contribution in [2.45, 2.75) is 0 Å². The molecule has 0 aliphatic carbocycles. The molecule has 0 saturated carbocycles. The Morgan fingerprint density at radius 3 is 2.20 bits per heavy atom. The van der Waals surface area contributed by atoms with Crippen LogP contribution >= 0.6 is 0 Å². The van der Waals surface area contributed by atoms with Gasteiger partial charge in [0.05, 0.1) is 0 Å². The van der Waals surface area contributed by atoms with Gasteiger partial charge in [0.25, 0.3) is 0 Å². The smallest absolute Gasteiger partial charge is 0.173 e. The van der Waals surface area contributed by atoms with Gasteiger partial charge in [0.2, 0.25) is 0 Å². The van der Waals surface area contributed by atoms with Crippen molar-refractivity contribution in [2.24, 2.45) is 0 Å². The topological polar surface area (TPSA) is 40.9 Å². The van der Waals surface area contributed by atoms with E-state index in [0.717, 1.165) is 0 Å². The number of rotatable bonds is 0. The lowest BCUT2D eigenvalue weighted by molar-refractivity contribution is 0.701. The van der Waals surface area contributed by atoms with Gasteiger partial charge in [-0.1, -0.05) is 0 Å². The zero-order valence-electron chi connectivity index (χ0n) is 2.67. The van der Waals surface area contributed by atoms with Crippen LogP contribution in [0.25, 0.3) is 0 Å². The van der Waals surface area contributed by atoms with Gasteiger partial charge in [-0.15, -0.1) is 0 Å². The van der Waals surface area contributed by atoms with Crippen LogP contribution in [-0.2, 0) is 19.3 Å². The monoisotopic (exact) mass is 109 g/mol. The summed E-state index contributed by atoms with van der Waals surface area (Å²) in [6, 6.07) is 0. The molecule has 0 saturated heterocycles. The van der Waals surface area contributed by atoms with Crippen LogP contribution < -0.4 is 0 Å². The van der Waals surface area contributed by atoms with E-state index in [2.05, 4.69) is 0 Å². The zero-order valence-corrected chi connectivity index (χ0v) is 4.30. The van der Waals surface area contributed by atoms with Crippen LogP contribution in [0.3, 0.4) is 0 Å². The van der Waals surface area contributed by atoms with Gasteiger partial charge in [-0.2, -0.15) is 8.82 Å². The molecule has 0 fully saturated rings. The Kier molecular flexibility index (Phi) is 2.18. The van der Waals surface area contributed by atoms with Crippen molar-refractivity contribution in [2.75, 3.05) is 6.26 Å². The number of hydrogen-bond donors (Lipinski definition) is 0. The lowest BCUT2D eigenvalue weighted by atomic mass is 12.0. The van der Waals surface area contributed by atoms with Crippen LogP contribution in [0.4, 0.5) is 0 Å². The highest BCUT2D eigenvalue weighted by Crippen LogP contribution is 1.36. The van der Waals surface area contributed by atoms with Crippen LogP contribution in [-0.4, -0.2) is 10.5 Å². The summed E-state index contributed by atoms with van der Waals surface area (Å²) in [4.78, 5) is 0. The summed E-state index contributed by atoms with van der Waals surface area (Å²) in [5.41, 5.74) is 0. The highest BCUT2D eigenvalue weighted by Gasteiger charge is 1.46. The Morgan fingerprint density at radius 2 is 2.20 bits per heavy atom. The second kappa shape index (κ2) is 2.20. The van der Waals surface area contributed by atoms with Gasteiger partial charge in [-0.3, -0.25) is 0 Å². The van der Waals surface area contributed by atoms with E-state index in [1.165, 1.54) is 6.26 Å². The van der Waals surface area contributed by atoms with Crippen molar-refractivity contribution in [3.8, 4) is 0 Å². The van der Waals surface area contributed by atoms with E-state index in [4.69, 9.17) is 4.61 Å². The molecule has 5 heavy (non-hydrogen) atoms. The Balaban J connectivity index is 4.50. The molecule has 0 rings (SSSR count). The summed E-state index contributed by atoms with van der Waals surface area (Å²) < 4.78 is 17.3. The molecule has 2 nitrogen and oxygen atoms in total. The molecule has 0 amide bonds. The molecule has 0 unspecified atom stereocenters. The number of hydrogen-bond acceptors (Lipinski definition) is 2. The summed E-state index contributed by atoms with van der Waals surface area (Å²) in [5, 5.41) is 0. The first kappa shape index (κ1) is 4.95. The van der Waals surface area contributed by atoms with Crippen LogP contribution in [0.2, 0.25) is 0 Å². The molecular formula is CH3NOS2. The second-order valence-corrected chi connectivity index (χ2v) is 3.33. The highest BCUT2D eigenvalue weighted by molar-refractivity contribution is 8.23. The predicted molar refractivity (Wildman–Crippen MR) is 23.2 cm³/mol. The average molecular weight is 109 g/mol. The summed E-state index contributed by atoms with van der Waals surface area (Å²) in [6.07, 6.45) is 1.46. The predicted octanol–water partition coefficient (Wildman–Crippen LogP) is -0.158. The maximum atomic E-state index is 9.31. The molecule has 0 radical (unpaired) electrons. The molecule has 30 valence electrons. The van der Waals surface area contributed by atoms with Gasteiger partial charge in [-0.25, -0.2) is 0 Å². The number of nitrogens with zero attached hydrogens (tertiary/aromatic N) is 1. The van der Waals surface area contributed by atoms with Crippen molar-refractivity contribution >= 4 is 19.3 Å². The molecule has 0 atom stereocenters. The molecule has 0 heterocycles. The Hall–Kier alpha value is -0.0500. The molecule has 4 heteroatoms. The maximum absolute atomic E-state index is 9.31. The minimum Gasteiger partial charge on any atom is -0.199 e. The highest BCUT2D eigenvalue weighted by atomic mass is 32.8. The summed E-state index contributed by atoms with van der Waals surface area (Å²) in [5.74, 6) is 0. The van der Waals surface area contributed by atoms with Gasteiger partial charge in [0.15, 0.2) is 10.2 Å². The van der Waals surface area contributed by atoms with Crippen molar-refractivity contribution in [3.63, 3.8) is 0 Å². The molecule has 0 N–H and O–H groups in total. The first-order valence-corrected chi connectivity index (χ1v) is 3.77. The standard InChI is InChI=1S/CH3NOS2/c1-5(2)4-3/h1H3. The van der Waals surface area contributed by atoms with Crippen molar-refractivity contribution in [1.29, 1.82) is 4.61 Å². The van der Waals surface area contributed by atoms with E-state index in [0.29, 0.717) is 0 Å². The molecule has 0 aromatic carbocycles. The van der Waals surface area contributed by atoms with Crippen LogP contribution in [0.1, 0.15) is 0 Å². The van der Waals surface area contributed by atoms with Crippen LogP contribution in [0, 0.1) is 4.61 Å². The Bertz CT molecular complexity index is 147. The fourth-order valence-corrected chi connectivity index (χ4v) is 0. The normalized spacial score (nSPS) is 6.40. The maximum Gasteiger partial charge on any atom is 0.173 e. The summed E-state index contributed by atoms with van der Waals surface area (Å²) >= 11 is 0. The Labute approximate surface area is 35.1 Å². The zero-order chi connectivity index (χ0) is 4.28. The minimum absolute atomic E-state index is 0.213. The largest absolute Gasteiger partial charge is 0.199 e. The molecule has 0 aromatic heterocycles. The third-order valence-electron chi connectivity index (χ3n) is 0.0985. The first-order valence-electron chi connectivity index (χ1n) is 0.924. The van der Waals surface area contributed by atoms with Gasteiger partial charge in [-0.05, 0) is 0 Å². The third kappa shape index (κ3) is 3.95. The SMILES string of the molecule is CS(#N)=S=O. The molecule has 0 aliphatic heterocycles. The van der Waals surface area contributed by atoms with E-state index in [-0.39, 0.29) is 10.2 Å². The van der Waals surface area contributed by atoms with E-state index >= 15 is 0 Å². The molecular weight excluding hydrogens is 106 g/mol. The van der Waals surface area contributed by atoms with Crippen molar-refractivity contribution < 1.29 is 4.21 Å². The van der Waals surface area contributed by atoms with E-state index in [1.54, 1.807) is 0 Å². The fourth-order valence-electron chi connectivity index (χ4n) is 0. The third-order valence-corrected chi connectivity index (χ3v) is 0.886. The van der Waals surface area contributed by atoms with Gasteiger partial charge in [0.1, 0.15) is 0 Å². The van der Waals surface area contributed by atoms with E-state index < -0.39 is 9.08 Å². The van der Waals surface area contributed by atoms with Gasteiger partial charge >= 0.3 is 0 Å². The lowest BCUT2D eigenvalue weighted by Crippen LogP contribution is -1.48. The first-order chi connectivity index (χ1) is 2.27. The Morgan fingerprint density at radius 1 is 2.00 bits per heavy atom. The summed E-state index contributed by atoms with van der Waals surface area (Å²) in [6.45, 7) is 0. The van der Waals surface area contributed by atoms with Crippen LogP contribution in [0.5, 0.6) is 0 Å². The summed E-state index contributed by atoms with van der Waals surface area (Å²) in [7, 11) is -0.748. The molecule has 0 spiro atoms. The molecule has 0 aromatic rings. The van der Waals surface area contributed by atoms with Gasteiger partial charge < -0.3 is 0 Å². The molecule has 0 aliphatic rings. The lowest BCUT2D eigenvalue weighted by Gasteiger charge is -1.38. The minimum atomic E-state index is -0.961. The molecule has 0 bridgehead atoms. The van der Waals surface area contributed by atoms with Crippen LogP contribution in [0.15, 0.2) is 0 Å². The average Bonchev–Trinajstić information content (AvgIpc) is 1.38. The van der Waals surface area contributed by atoms with Gasteiger partial charge in [0, 0.05) is 15.3 Å². The van der Waals surface area contributed by atoms with E-state index in [9.17, 15) is 4.21 Å². The second-order valence-electron chi connectivity index (χ2n) is 0.492. The van der Waals surface area contributed by atoms with Crippen molar-refractivity contribution in [3.05, 3.63) is 0 Å². The fraction of sp³-hybridized carbons (Fsp3) is 1.00. The quantitative estimate of drug-likeness (QED) is 0.434. The van der Waals surface area contributed by atoms with E-state index in [1.807, 2.05) is 0 Å². The van der Waals surface area contributed by atoms with Crippen molar-refractivity contribution in [1.82, 2.24) is 0 Å².